The largest absolute Gasteiger partial charge is 0.482 e. The zero-order valence-corrected chi connectivity index (χ0v) is 13.2. The summed E-state index contributed by atoms with van der Waals surface area (Å²) in [6.45, 7) is -0.366. The molecular weight excluding hydrogens is 332 g/mol. The fraction of sp³-hybridized carbons (Fsp3) is 0.118. The van der Waals surface area contributed by atoms with Gasteiger partial charge < -0.3 is 10.1 Å². The molecule has 6 nitrogen and oxygen atoms in total. The SMILES string of the molecule is O=Cc1ccc2c(c1)N(CC(=O)Nc1ccccc1Cl)C(=O)CO2. The summed E-state index contributed by atoms with van der Waals surface area (Å²) in [7, 11) is 0. The Kier molecular flexibility index (Phi) is 4.48. The first-order chi connectivity index (χ1) is 11.6. The second-order valence-corrected chi connectivity index (χ2v) is 5.55. The number of carbonyl (C=O) groups is 3. The van der Waals surface area contributed by atoms with Crippen LogP contribution in [0.5, 0.6) is 5.75 Å². The van der Waals surface area contributed by atoms with Crippen molar-refractivity contribution in [2.24, 2.45) is 0 Å². The van der Waals surface area contributed by atoms with Crippen molar-refractivity contribution in [1.29, 1.82) is 0 Å². The Morgan fingerprint density at radius 1 is 1.29 bits per heavy atom. The van der Waals surface area contributed by atoms with Gasteiger partial charge in [-0.2, -0.15) is 0 Å². The van der Waals surface area contributed by atoms with Gasteiger partial charge in [0, 0.05) is 5.56 Å². The van der Waals surface area contributed by atoms with Gasteiger partial charge in [-0.05, 0) is 30.3 Å². The minimum absolute atomic E-state index is 0.160. The van der Waals surface area contributed by atoms with E-state index < -0.39 is 5.91 Å². The Morgan fingerprint density at radius 3 is 2.83 bits per heavy atom. The third-order valence-electron chi connectivity index (χ3n) is 3.51. The lowest BCUT2D eigenvalue weighted by molar-refractivity contribution is -0.123. The number of rotatable bonds is 4. The van der Waals surface area contributed by atoms with Crippen LogP contribution in [0.25, 0.3) is 0 Å². The molecule has 0 saturated carbocycles. The van der Waals surface area contributed by atoms with E-state index in [2.05, 4.69) is 5.32 Å². The first kappa shape index (κ1) is 16.0. The van der Waals surface area contributed by atoms with Crippen LogP contribution >= 0.6 is 11.6 Å². The molecule has 24 heavy (non-hydrogen) atoms. The molecule has 3 rings (SSSR count). The molecule has 122 valence electrons. The summed E-state index contributed by atoms with van der Waals surface area (Å²) in [5.41, 5.74) is 1.25. The number of nitrogens with zero attached hydrogens (tertiary/aromatic N) is 1. The van der Waals surface area contributed by atoms with Crippen LogP contribution in [-0.2, 0) is 9.59 Å². The van der Waals surface area contributed by atoms with E-state index in [1.807, 2.05) is 0 Å². The minimum atomic E-state index is -0.402. The van der Waals surface area contributed by atoms with Gasteiger partial charge in [-0.1, -0.05) is 23.7 Å². The van der Waals surface area contributed by atoms with Crippen molar-refractivity contribution in [2.45, 2.75) is 0 Å². The van der Waals surface area contributed by atoms with Gasteiger partial charge >= 0.3 is 0 Å². The second kappa shape index (κ2) is 6.72. The molecule has 2 amide bonds. The zero-order valence-electron chi connectivity index (χ0n) is 12.5. The van der Waals surface area contributed by atoms with Crippen molar-refractivity contribution >= 4 is 41.1 Å². The van der Waals surface area contributed by atoms with Gasteiger partial charge in [0.15, 0.2) is 6.61 Å². The Labute approximate surface area is 143 Å². The van der Waals surface area contributed by atoms with Crippen LogP contribution in [0.2, 0.25) is 5.02 Å². The predicted molar refractivity (Wildman–Crippen MR) is 89.8 cm³/mol. The van der Waals surface area contributed by atoms with Crippen LogP contribution < -0.4 is 15.0 Å². The maximum atomic E-state index is 12.3. The van der Waals surface area contributed by atoms with E-state index in [0.717, 1.165) is 0 Å². The predicted octanol–water partition coefficient (Wildman–Crippen LogP) is 2.52. The fourth-order valence-corrected chi connectivity index (χ4v) is 2.54. The van der Waals surface area contributed by atoms with Gasteiger partial charge in [0.05, 0.1) is 16.4 Å². The quantitative estimate of drug-likeness (QED) is 0.865. The van der Waals surface area contributed by atoms with Crippen molar-refractivity contribution in [3.63, 3.8) is 0 Å². The monoisotopic (exact) mass is 344 g/mol. The van der Waals surface area contributed by atoms with Crippen molar-refractivity contribution in [3.05, 3.63) is 53.1 Å². The Bertz CT molecular complexity index is 822. The smallest absolute Gasteiger partial charge is 0.265 e. The van der Waals surface area contributed by atoms with Crippen molar-refractivity contribution in [2.75, 3.05) is 23.4 Å². The third kappa shape index (κ3) is 3.23. The number of fused-ring (bicyclic) bond motifs is 1. The van der Waals surface area contributed by atoms with E-state index >= 15 is 0 Å². The van der Waals surface area contributed by atoms with Crippen LogP contribution in [0.4, 0.5) is 11.4 Å². The third-order valence-corrected chi connectivity index (χ3v) is 3.84. The van der Waals surface area contributed by atoms with Gasteiger partial charge in [0.1, 0.15) is 18.6 Å². The average molecular weight is 345 g/mol. The number of hydrogen-bond donors (Lipinski definition) is 1. The maximum absolute atomic E-state index is 12.3. The highest BCUT2D eigenvalue weighted by Gasteiger charge is 2.27. The van der Waals surface area contributed by atoms with Crippen LogP contribution in [0, 0.1) is 0 Å². The summed E-state index contributed by atoms with van der Waals surface area (Å²) in [4.78, 5) is 36.6. The molecule has 1 N–H and O–H groups in total. The fourth-order valence-electron chi connectivity index (χ4n) is 2.36. The Balaban J connectivity index is 1.82. The average Bonchev–Trinajstić information content (AvgIpc) is 2.59. The standard InChI is InChI=1S/C17H13ClN2O4/c18-12-3-1-2-4-13(12)19-16(22)8-20-14-7-11(9-21)5-6-15(14)24-10-17(20)23/h1-7,9H,8,10H2,(H,19,22). The molecule has 1 aliphatic heterocycles. The Morgan fingerprint density at radius 2 is 2.08 bits per heavy atom. The topological polar surface area (TPSA) is 75.7 Å². The van der Waals surface area contributed by atoms with E-state index in [-0.39, 0.29) is 19.1 Å². The Hall–Kier alpha value is -2.86. The molecule has 1 heterocycles. The van der Waals surface area contributed by atoms with E-state index in [0.29, 0.717) is 34.0 Å². The van der Waals surface area contributed by atoms with E-state index in [4.69, 9.17) is 16.3 Å². The molecule has 0 saturated heterocycles. The number of nitrogens with one attached hydrogen (secondary N) is 1. The van der Waals surface area contributed by atoms with E-state index in [1.165, 1.54) is 11.0 Å². The molecule has 1 aliphatic rings. The number of hydrogen-bond acceptors (Lipinski definition) is 4. The summed E-state index contributed by atoms with van der Waals surface area (Å²) in [6, 6.07) is 11.5. The van der Waals surface area contributed by atoms with Gasteiger partial charge in [0.25, 0.3) is 5.91 Å². The molecule has 2 aromatic rings. The van der Waals surface area contributed by atoms with Gasteiger partial charge in [0.2, 0.25) is 5.91 Å². The lowest BCUT2D eigenvalue weighted by atomic mass is 10.1. The molecule has 0 aliphatic carbocycles. The minimum Gasteiger partial charge on any atom is -0.482 e. The van der Waals surface area contributed by atoms with Gasteiger partial charge in [-0.15, -0.1) is 0 Å². The van der Waals surface area contributed by atoms with Gasteiger partial charge in [-0.25, -0.2) is 0 Å². The molecule has 0 aromatic heterocycles. The molecule has 2 aromatic carbocycles. The molecular formula is C17H13ClN2O4. The molecule has 0 unspecified atom stereocenters. The number of aldehydes is 1. The summed E-state index contributed by atoms with van der Waals surface area (Å²) in [6.07, 6.45) is 0.668. The summed E-state index contributed by atoms with van der Waals surface area (Å²) >= 11 is 6.01. The maximum Gasteiger partial charge on any atom is 0.265 e. The van der Waals surface area contributed by atoms with Gasteiger partial charge in [-0.3, -0.25) is 19.3 Å². The zero-order chi connectivity index (χ0) is 17.1. The molecule has 7 heteroatoms. The van der Waals surface area contributed by atoms with Crippen LogP contribution in [0.15, 0.2) is 42.5 Å². The highest BCUT2D eigenvalue weighted by Crippen LogP contribution is 2.32. The number of ether oxygens (including phenoxy) is 1. The molecule has 0 atom stereocenters. The number of halogens is 1. The first-order valence-electron chi connectivity index (χ1n) is 7.15. The number of anilines is 2. The summed E-state index contributed by atoms with van der Waals surface area (Å²) < 4.78 is 5.32. The lowest BCUT2D eigenvalue weighted by Gasteiger charge is -2.29. The van der Waals surface area contributed by atoms with Crippen molar-refractivity contribution < 1.29 is 19.1 Å². The van der Waals surface area contributed by atoms with E-state index in [1.54, 1.807) is 36.4 Å². The highest BCUT2D eigenvalue weighted by molar-refractivity contribution is 6.33. The first-order valence-corrected chi connectivity index (χ1v) is 7.53. The van der Waals surface area contributed by atoms with Crippen LogP contribution in [0.1, 0.15) is 10.4 Å². The van der Waals surface area contributed by atoms with E-state index in [9.17, 15) is 14.4 Å². The van der Waals surface area contributed by atoms with Crippen molar-refractivity contribution in [3.8, 4) is 5.75 Å². The summed E-state index contributed by atoms with van der Waals surface area (Å²) in [5.74, 6) is -0.314. The number of para-hydroxylation sites is 1. The number of amides is 2. The number of benzene rings is 2. The normalized spacial score (nSPS) is 13.0. The highest BCUT2D eigenvalue weighted by atomic mass is 35.5. The molecule has 0 bridgehead atoms. The molecule has 0 spiro atoms. The van der Waals surface area contributed by atoms with Crippen molar-refractivity contribution in [1.82, 2.24) is 0 Å². The molecule has 0 radical (unpaired) electrons. The second-order valence-electron chi connectivity index (χ2n) is 5.14. The molecule has 0 fully saturated rings. The number of carbonyl (C=O) groups excluding carboxylic acids is 3. The lowest BCUT2D eigenvalue weighted by Crippen LogP contribution is -2.43. The summed E-state index contributed by atoms with van der Waals surface area (Å²) in [5, 5.41) is 3.07. The van der Waals surface area contributed by atoms with Crippen LogP contribution in [-0.4, -0.2) is 31.3 Å². The van der Waals surface area contributed by atoms with Crippen LogP contribution in [0.3, 0.4) is 0 Å².